The summed E-state index contributed by atoms with van der Waals surface area (Å²) in [6, 6.07) is 7.46. The molecule has 0 aliphatic heterocycles. The highest BCUT2D eigenvalue weighted by Gasteiger charge is 2.27. The van der Waals surface area contributed by atoms with Gasteiger partial charge in [0.1, 0.15) is 0 Å². The topological polar surface area (TPSA) is 83.6 Å². The third-order valence-electron chi connectivity index (χ3n) is 2.33. The zero-order valence-electron chi connectivity index (χ0n) is 8.96. The fourth-order valence-corrected chi connectivity index (χ4v) is 1.62. The van der Waals surface area contributed by atoms with Gasteiger partial charge in [-0.3, -0.25) is 0 Å². The lowest BCUT2D eigenvalue weighted by Crippen LogP contribution is -2.42. The van der Waals surface area contributed by atoms with Crippen molar-refractivity contribution in [2.24, 2.45) is 5.73 Å². The number of amides is 3. The normalized spacial score (nSPS) is 11.8. The van der Waals surface area contributed by atoms with Crippen molar-refractivity contribution in [2.45, 2.75) is 19.4 Å². The fraction of sp³-hybridized carbons (Fsp3) is 0.273. The first kappa shape index (κ1) is 12.0. The van der Waals surface area contributed by atoms with Crippen LogP contribution in [0.3, 0.4) is 0 Å². The predicted molar refractivity (Wildman–Crippen MR) is 58.9 cm³/mol. The summed E-state index contributed by atoms with van der Waals surface area (Å²) in [6.45, 7) is 1.80. The Bertz CT molecular complexity index is 364. The molecule has 1 rings (SSSR count). The van der Waals surface area contributed by atoms with Gasteiger partial charge >= 0.3 is 12.1 Å². The molecular weight excluding hydrogens is 208 g/mol. The zero-order chi connectivity index (χ0) is 12.1. The molecule has 0 fully saturated rings. The van der Waals surface area contributed by atoms with E-state index in [9.17, 15) is 9.59 Å². The van der Waals surface area contributed by atoms with Crippen LogP contribution in [0, 0.1) is 0 Å². The first-order valence-corrected chi connectivity index (χ1v) is 4.94. The van der Waals surface area contributed by atoms with Gasteiger partial charge in [-0.15, -0.1) is 0 Å². The molecule has 86 valence electrons. The predicted octanol–water partition coefficient (Wildman–Crippen LogP) is 2.20. The maximum atomic E-state index is 11.1. The highest BCUT2D eigenvalue weighted by Crippen LogP contribution is 2.23. The first-order valence-electron chi connectivity index (χ1n) is 4.94. The van der Waals surface area contributed by atoms with Crippen molar-refractivity contribution in [3.05, 3.63) is 35.9 Å². The molecule has 16 heavy (non-hydrogen) atoms. The lowest BCUT2D eigenvalue weighted by atomic mass is 10.0. The molecule has 0 saturated heterocycles. The number of hydrogen-bond acceptors (Lipinski definition) is 2. The Morgan fingerprint density at radius 3 is 2.31 bits per heavy atom. The number of primary amides is 1. The number of benzene rings is 1. The van der Waals surface area contributed by atoms with Crippen LogP contribution in [0.15, 0.2) is 30.3 Å². The number of nitrogens with zero attached hydrogens (tertiary/aromatic N) is 1. The van der Waals surface area contributed by atoms with Gasteiger partial charge in [-0.05, 0) is 12.0 Å². The summed E-state index contributed by atoms with van der Waals surface area (Å²) in [5, 5.41) is 8.93. The van der Waals surface area contributed by atoms with Crippen LogP contribution in [0.1, 0.15) is 24.9 Å². The molecule has 0 aliphatic rings. The molecule has 0 aliphatic carbocycles. The van der Waals surface area contributed by atoms with E-state index in [1.807, 2.05) is 6.07 Å². The SMILES string of the molecule is CCC(c1ccccc1)N(C(N)=O)C(=O)O. The van der Waals surface area contributed by atoms with E-state index in [4.69, 9.17) is 10.8 Å². The van der Waals surface area contributed by atoms with Gasteiger partial charge in [0.05, 0.1) is 6.04 Å². The average molecular weight is 222 g/mol. The van der Waals surface area contributed by atoms with Crippen LogP contribution < -0.4 is 5.73 Å². The quantitative estimate of drug-likeness (QED) is 0.822. The molecule has 1 aromatic rings. The minimum absolute atomic E-state index is 0.485. The summed E-state index contributed by atoms with van der Waals surface area (Å²) in [5.41, 5.74) is 5.81. The number of carbonyl (C=O) groups excluding carboxylic acids is 1. The largest absolute Gasteiger partial charge is 0.465 e. The van der Waals surface area contributed by atoms with Crippen molar-refractivity contribution < 1.29 is 14.7 Å². The summed E-state index contributed by atoms with van der Waals surface area (Å²) in [4.78, 5) is 22.7. The number of nitrogens with two attached hydrogens (primary N) is 1. The fourth-order valence-electron chi connectivity index (χ4n) is 1.62. The third kappa shape index (κ3) is 2.50. The zero-order valence-corrected chi connectivity index (χ0v) is 8.96. The molecule has 1 unspecified atom stereocenters. The van der Waals surface area contributed by atoms with Gasteiger partial charge in [0.25, 0.3) is 0 Å². The smallest absolute Gasteiger partial charge is 0.416 e. The van der Waals surface area contributed by atoms with Gasteiger partial charge in [-0.25, -0.2) is 14.5 Å². The van der Waals surface area contributed by atoms with Gasteiger partial charge in [0.2, 0.25) is 0 Å². The molecular formula is C11H14N2O3. The second-order valence-corrected chi connectivity index (χ2v) is 3.33. The molecule has 0 heterocycles. The lowest BCUT2D eigenvalue weighted by molar-refractivity contribution is 0.134. The van der Waals surface area contributed by atoms with Crippen LogP contribution in [-0.2, 0) is 0 Å². The summed E-state index contributed by atoms with van der Waals surface area (Å²) >= 11 is 0. The summed E-state index contributed by atoms with van der Waals surface area (Å²) < 4.78 is 0. The van der Waals surface area contributed by atoms with E-state index >= 15 is 0 Å². The third-order valence-corrected chi connectivity index (χ3v) is 2.33. The molecule has 5 heteroatoms. The second kappa shape index (κ2) is 5.16. The van der Waals surface area contributed by atoms with Crippen LogP contribution in [0.25, 0.3) is 0 Å². The maximum absolute atomic E-state index is 11.1. The number of carbonyl (C=O) groups is 2. The van der Waals surface area contributed by atoms with Crippen molar-refractivity contribution in [3.63, 3.8) is 0 Å². The van der Waals surface area contributed by atoms with Crippen molar-refractivity contribution in [1.29, 1.82) is 0 Å². The molecule has 0 bridgehead atoms. The van der Waals surface area contributed by atoms with Gasteiger partial charge < -0.3 is 10.8 Å². The molecule has 3 N–H and O–H groups in total. The van der Waals surface area contributed by atoms with E-state index in [0.717, 1.165) is 5.56 Å². The van der Waals surface area contributed by atoms with Crippen molar-refractivity contribution in [1.82, 2.24) is 4.90 Å². The number of urea groups is 1. The maximum Gasteiger partial charge on any atom is 0.416 e. The van der Waals surface area contributed by atoms with E-state index in [2.05, 4.69) is 0 Å². The Morgan fingerprint density at radius 2 is 1.94 bits per heavy atom. The number of carboxylic acid groups (broad SMARTS) is 1. The van der Waals surface area contributed by atoms with Crippen LogP contribution in [-0.4, -0.2) is 22.1 Å². The first-order chi connectivity index (χ1) is 7.57. The standard InChI is InChI=1S/C11H14N2O3/c1-2-9(8-6-4-3-5-7-8)13(10(12)14)11(15)16/h3-7,9H,2H2,1H3,(H2,12,14)(H,15,16). The monoisotopic (exact) mass is 222 g/mol. The highest BCUT2D eigenvalue weighted by atomic mass is 16.4. The Hall–Kier alpha value is -2.04. The molecule has 0 spiro atoms. The Kier molecular flexibility index (Phi) is 3.88. The van der Waals surface area contributed by atoms with Gasteiger partial charge in [0, 0.05) is 0 Å². The van der Waals surface area contributed by atoms with Gasteiger partial charge in [0.15, 0.2) is 0 Å². The van der Waals surface area contributed by atoms with E-state index in [-0.39, 0.29) is 0 Å². The molecule has 1 atom stereocenters. The Labute approximate surface area is 93.5 Å². The minimum Gasteiger partial charge on any atom is -0.465 e. The Morgan fingerprint density at radius 1 is 1.38 bits per heavy atom. The van der Waals surface area contributed by atoms with Crippen LogP contribution in [0.2, 0.25) is 0 Å². The summed E-state index contributed by atoms with van der Waals surface area (Å²) in [5.74, 6) is 0. The van der Waals surface area contributed by atoms with Crippen LogP contribution >= 0.6 is 0 Å². The molecule has 3 amide bonds. The molecule has 0 saturated carbocycles. The average Bonchev–Trinajstić information content (AvgIpc) is 2.25. The lowest BCUT2D eigenvalue weighted by Gasteiger charge is -2.25. The second-order valence-electron chi connectivity index (χ2n) is 3.33. The molecule has 1 aromatic carbocycles. The number of imide groups is 1. The number of rotatable bonds is 3. The van der Waals surface area contributed by atoms with Crippen LogP contribution in [0.5, 0.6) is 0 Å². The van der Waals surface area contributed by atoms with E-state index in [1.165, 1.54) is 0 Å². The van der Waals surface area contributed by atoms with E-state index in [0.29, 0.717) is 11.3 Å². The Balaban J connectivity index is 3.05. The van der Waals surface area contributed by atoms with Crippen LogP contribution in [0.4, 0.5) is 9.59 Å². The minimum atomic E-state index is -1.33. The van der Waals surface area contributed by atoms with Crippen molar-refractivity contribution in [2.75, 3.05) is 0 Å². The summed E-state index contributed by atoms with van der Waals surface area (Å²) in [6.07, 6.45) is -0.845. The number of hydrogen-bond donors (Lipinski definition) is 2. The van der Waals surface area contributed by atoms with Gasteiger partial charge in [-0.1, -0.05) is 37.3 Å². The highest BCUT2D eigenvalue weighted by molar-refractivity contribution is 5.89. The van der Waals surface area contributed by atoms with Crippen molar-refractivity contribution >= 4 is 12.1 Å². The van der Waals surface area contributed by atoms with E-state index in [1.54, 1.807) is 31.2 Å². The van der Waals surface area contributed by atoms with Gasteiger partial charge in [-0.2, -0.15) is 0 Å². The molecule has 0 radical (unpaired) electrons. The van der Waals surface area contributed by atoms with Crippen molar-refractivity contribution in [3.8, 4) is 0 Å². The van der Waals surface area contributed by atoms with E-state index < -0.39 is 18.2 Å². The molecule has 5 nitrogen and oxygen atoms in total. The summed E-state index contributed by atoms with van der Waals surface area (Å²) in [7, 11) is 0. The molecule has 0 aromatic heterocycles.